The van der Waals surface area contributed by atoms with Gasteiger partial charge in [-0.05, 0) is 0 Å². The average molecular weight is 161 g/mol. The highest BCUT2D eigenvalue weighted by Crippen LogP contribution is 2.10. The molecule has 0 bridgehead atoms. The first-order chi connectivity index (χ1) is 3.55. The molecule has 5 heteroatoms. The number of carboxylic acids is 1. The van der Waals surface area contributed by atoms with E-state index >= 15 is 0 Å². The second kappa shape index (κ2) is 3.10. The molecule has 0 unspecified atom stereocenters. The number of aliphatic carboxylic acids is 1. The SMILES string of the molecule is O=C(O)[C@@H](F)C(Cl)Cl. The van der Waals surface area contributed by atoms with Gasteiger partial charge in [0, 0.05) is 0 Å². The molecule has 48 valence electrons. The summed E-state index contributed by atoms with van der Waals surface area (Å²) in [5, 5.41) is 7.81. The van der Waals surface area contributed by atoms with Crippen molar-refractivity contribution in [1.82, 2.24) is 0 Å². The van der Waals surface area contributed by atoms with Crippen LogP contribution in [0.5, 0.6) is 0 Å². The first-order valence-electron chi connectivity index (χ1n) is 1.70. The van der Waals surface area contributed by atoms with Gasteiger partial charge < -0.3 is 5.11 Å². The van der Waals surface area contributed by atoms with Crippen molar-refractivity contribution in [2.75, 3.05) is 0 Å². The van der Waals surface area contributed by atoms with Crippen molar-refractivity contribution in [3.05, 3.63) is 0 Å². The summed E-state index contributed by atoms with van der Waals surface area (Å²) in [5.41, 5.74) is 0. The van der Waals surface area contributed by atoms with E-state index in [-0.39, 0.29) is 0 Å². The Labute approximate surface area is 55.2 Å². The first kappa shape index (κ1) is 7.98. The van der Waals surface area contributed by atoms with E-state index < -0.39 is 17.0 Å². The van der Waals surface area contributed by atoms with Crippen LogP contribution >= 0.6 is 23.2 Å². The Morgan fingerprint density at radius 1 is 1.62 bits per heavy atom. The molecule has 0 aliphatic carbocycles. The van der Waals surface area contributed by atoms with E-state index in [2.05, 4.69) is 0 Å². The minimum atomic E-state index is -2.18. The van der Waals surface area contributed by atoms with Gasteiger partial charge in [0.1, 0.15) is 4.84 Å². The number of carbonyl (C=O) groups is 1. The molecule has 0 aromatic rings. The highest BCUT2D eigenvalue weighted by Gasteiger charge is 2.23. The fourth-order valence-corrected chi connectivity index (χ4v) is 0.323. The summed E-state index contributed by atoms with van der Waals surface area (Å²) in [6.07, 6.45) is -2.18. The van der Waals surface area contributed by atoms with Gasteiger partial charge in [0.2, 0.25) is 6.17 Å². The van der Waals surface area contributed by atoms with Gasteiger partial charge >= 0.3 is 5.97 Å². The molecular formula is C3H3Cl2FO2. The van der Waals surface area contributed by atoms with Crippen LogP contribution in [-0.2, 0) is 4.79 Å². The number of alkyl halides is 3. The second-order valence-electron chi connectivity index (χ2n) is 1.07. The fourth-order valence-electron chi connectivity index (χ4n) is 0.108. The third kappa shape index (κ3) is 2.33. The molecule has 0 fully saturated rings. The number of hydrogen-bond acceptors (Lipinski definition) is 1. The minimum Gasteiger partial charge on any atom is -0.479 e. The van der Waals surface area contributed by atoms with E-state index in [1.54, 1.807) is 0 Å². The van der Waals surface area contributed by atoms with Crippen LogP contribution in [0.15, 0.2) is 0 Å². The molecule has 0 aromatic carbocycles. The highest BCUT2D eigenvalue weighted by atomic mass is 35.5. The Balaban J connectivity index is 3.64. The lowest BCUT2D eigenvalue weighted by atomic mass is 10.4. The van der Waals surface area contributed by atoms with Crippen LogP contribution in [0.1, 0.15) is 0 Å². The fraction of sp³-hybridized carbons (Fsp3) is 0.667. The van der Waals surface area contributed by atoms with Crippen molar-refractivity contribution >= 4 is 29.2 Å². The van der Waals surface area contributed by atoms with Gasteiger partial charge in [-0.25, -0.2) is 9.18 Å². The Bertz CT molecular complexity index is 95.3. The molecule has 0 saturated carbocycles. The number of halogens is 3. The van der Waals surface area contributed by atoms with Crippen molar-refractivity contribution in [2.24, 2.45) is 0 Å². The summed E-state index contributed by atoms with van der Waals surface area (Å²) in [6, 6.07) is 0. The van der Waals surface area contributed by atoms with E-state index in [4.69, 9.17) is 28.3 Å². The second-order valence-corrected chi connectivity index (χ2v) is 2.24. The normalized spacial score (nSPS) is 14.0. The summed E-state index contributed by atoms with van der Waals surface area (Å²) in [5.74, 6) is -1.64. The van der Waals surface area contributed by atoms with Crippen LogP contribution < -0.4 is 0 Å². The molecule has 8 heavy (non-hydrogen) atoms. The Hall–Kier alpha value is -0.0200. The van der Waals surface area contributed by atoms with Crippen LogP contribution in [0.3, 0.4) is 0 Å². The monoisotopic (exact) mass is 160 g/mol. The summed E-state index contributed by atoms with van der Waals surface area (Å²) in [4.78, 5) is 8.12. The van der Waals surface area contributed by atoms with E-state index in [1.807, 2.05) is 0 Å². The van der Waals surface area contributed by atoms with E-state index in [1.165, 1.54) is 0 Å². The van der Waals surface area contributed by atoms with Crippen molar-refractivity contribution in [1.29, 1.82) is 0 Å². The van der Waals surface area contributed by atoms with Crippen molar-refractivity contribution < 1.29 is 14.3 Å². The van der Waals surface area contributed by atoms with Crippen LogP contribution in [-0.4, -0.2) is 22.1 Å². The van der Waals surface area contributed by atoms with Gasteiger partial charge in [0.25, 0.3) is 0 Å². The van der Waals surface area contributed by atoms with Gasteiger partial charge in [-0.15, -0.1) is 23.2 Å². The summed E-state index contributed by atoms with van der Waals surface area (Å²) in [7, 11) is 0. The largest absolute Gasteiger partial charge is 0.479 e. The Morgan fingerprint density at radius 3 is 2.00 bits per heavy atom. The van der Waals surface area contributed by atoms with Crippen LogP contribution in [0.2, 0.25) is 0 Å². The average Bonchev–Trinajstić information content (AvgIpc) is 1.64. The number of hydrogen-bond donors (Lipinski definition) is 1. The van der Waals surface area contributed by atoms with Gasteiger partial charge in [0.15, 0.2) is 0 Å². The van der Waals surface area contributed by atoms with Gasteiger partial charge in [-0.1, -0.05) is 0 Å². The lowest BCUT2D eigenvalue weighted by Gasteiger charge is -1.99. The quantitative estimate of drug-likeness (QED) is 0.618. The third-order valence-corrected chi connectivity index (χ3v) is 0.900. The lowest BCUT2D eigenvalue weighted by Crippen LogP contribution is -2.21. The summed E-state index contributed by atoms with van der Waals surface area (Å²) in [6.45, 7) is 0. The van der Waals surface area contributed by atoms with Crippen molar-refractivity contribution in [3.63, 3.8) is 0 Å². The maximum atomic E-state index is 11.8. The van der Waals surface area contributed by atoms with E-state index in [9.17, 15) is 9.18 Å². The summed E-state index contributed by atoms with van der Waals surface area (Å²) >= 11 is 9.67. The Morgan fingerprint density at radius 2 is 2.00 bits per heavy atom. The van der Waals surface area contributed by atoms with Crippen LogP contribution in [0.4, 0.5) is 4.39 Å². The molecule has 0 amide bonds. The van der Waals surface area contributed by atoms with E-state index in [0.29, 0.717) is 0 Å². The molecule has 0 radical (unpaired) electrons. The zero-order valence-corrected chi connectivity index (χ0v) is 5.16. The van der Waals surface area contributed by atoms with Crippen molar-refractivity contribution in [2.45, 2.75) is 11.0 Å². The predicted octanol–water partition coefficient (Wildman–Crippen LogP) is 1.21. The number of carboxylic acid groups (broad SMARTS) is 1. The van der Waals surface area contributed by atoms with Crippen molar-refractivity contribution in [3.8, 4) is 0 Å². The topological polar surface area (TPSA) is 37.3 Å². The molecule has 1 N–H and O–H groups in total. The molecule has 0 aliphatic heterocycles. The maximum Gasteiger partial charge on any atom is 0.341 e. The highest BCUT2D eigenvalue weighted by molar-refractivity contribution is 6.45. The molecule has 2 nitrogen and oxygen atoms in total. The third-order valence-electron chi connectivity index (χ3n) is 0.457. The molecular weight excluding hydrogens is 158 g/mol. The standard InChI is InChI=1S/C3H3Cl2FO2/c4-2(5)1(6)3(7)8/h1-2H,(H,7,8)/t1-/m0/s1. The molecule has 0 rings (SSSR count). The van der Waals surface area contributed by atoms with Crippen LogP contribution in [0.25, 0.3) is 0 Å². The predicted molar refractivity (Wildman–Crippen MR) is 28.0 cm³/mol. The molecule has 0 saturated heterocycles. The molecule has 0 spiro atoms. The Kier molecular flexibility index (Phi) is 3.09. The smallest absolute Gasteiger partial charge is 0.341 e. The van der Waals surface area contributed by atoms with Gasteiger partial charge in [0.05, 0.1) is 0 Å². The summed E-state index contributed by atoms with van der Waals surface area (Å²) < 4.78 is 11.8. The zero-order valence-electron chi connectivity index (χ0n) is 3.64. The molecule has 0 heterocycles. The van der Waals surface area contributed by atoms with Gasteiger partial charge in [-0.2, -0.15) is 0 Å². The molecule has 0 aliphatic rings. The van der Waals surface area contributed by atoms with Crippen LogP contribution in [0, 0.1) is 0 Å². The van der Waals surface area contributed by atoms with E-state index in [0.717, 1.165) is 0 Å². The lowest BCUT2D eigenvalue weighted by molar-refractivity contribution is -0.142. The number of rotatable bonds is 2. The minimum absolute atomic E-state index is 1.48. The zero-order chi connectivity index (χ0) is 6.73. The first-order valence-corrected chi connectivity index (χ1v) is 2.58. The molecule has 0 aromatic heterocycles. The maximum absolute atomic E-state index is 11.8. The van der Waals surface area contributed by atoms with Gasteiger partial charge in [-0.3, -0.25) is 0 Å². The molecule has 1 atom stereocenters.